The Morgan fingerprint density at radius 2 is 1.86 bits per heavy atom. The zero-order chi connectivity index (χ0) is 15.0. The van der Waals surface area contributed by atoms with Crippen molar-refractivity contribution in [1.29, 1.82) is 0 Å². The average Bonchev–Trinajstić information content (AvgIpc) is 2.38. The molecule has 0 aliphatic carbocycles. The standard InChI is InChI=1S/C14H22ClNO4.ClH/c1-11-8-12(15)2-3-14(11)20-10-13(19)9-16(4-6-17)5-7-18;/h2-3,8,13,17-19H,4-7,9-10H2,1H3;1H. The van der Waals surface area contributed by atoms with Crippen molar-refractivity contribution in [2.75, 3.05) is 39.5 Å². The molecule has 5 nitrogen and oxygen atoms in total. The summed E-state index contributed by atoms with van der Waals surface area (Å²) in [4.78, 5) is 1.78. The highest BCUT2D eigenvalue weighted by molar-refractivity contribution is 6.30. The predicted octanol–water partition coefficient (Wildman–Crippen LogP) is 1.10. The van der Waals surface area contributed by atoms with Gasteiger partial charge in [-0.3, -0.25) is 4.90 Å². The first-order chi connectivity index (χ1) is 9.56. The van der Waals surface area contributed by atoms with Crippen LogP contribution in [0.5, 0.6) is 5.75 Å². The Morgan fingerprint density at radius 1 is 1.24 bits per heavy atom. The fourth-order valence-corrected chi connectivity index (χ4v) is 2.12. The lowest BCUT2D eigenvalue weighted by atomic mass is 10.2. The van der Waals surface area contributed by atoms with Crippen LogP contribution in [0.1, 0.15) is 5.56 Å². The minimum atomic E-state index is -0.692. The van der Waals surface area contributed by atoms with Crippen molar-refractivity contribution in [2.24, 2.45) is 0 Å². The number of nitrogens with zero attached hydrogens (tertiary/aromatic N) is 1. The third-order valence-electron chi connectivity index (χ3n) is 2.87. The number of rotatable bonds is 9. The Kier molecular flexibility index (Phi) is 10.8. The second-order valence-electron chi connectivity index (χ2n) is 4.62. The fourth-order valence-electron chi connectivity index (χ4n) is 1.89. The Hall–Kier alpha value is -0.560. The minimum Gasteiger partial charge on any atom is -0.491 e. The summed E-state index contributed by atoms with van der Waals surface area (Å²) in [6.45, 7) is 3.18. The molecule has 0 radical (unpaired) electrons. The van der Waals surface area contributed by atoms with E-state index in [0.29, 0.717) is 30.4 Å². The molecular formula is C14H23Cl2NO4. The van der Waals surface area contributed by atoms with Crippen molar-refractivity contribution in [3.05, 3.63) is 28.8 Å². The molecule has 0 fully saturated rings. The van der Waals surface area contributed by atoms with E-state index >= 15 is 0 Å². The zero-order valence-corrected chi connectivity index (χ0v) is 13.6. The topological polar surface area (TPSA) is 73.2 Å². The SMILES string of the molecule is Cc1cc(Cl)ccc1OCC(O)CN(CCO)CCO.Cl. The van der Waals surface area contributed by atoms with E-state index in [1.165, 1.54) is 0 Å². The summed E-state index contributed by atoms with van der Waals surface area (Å²) in [6, 6.07) is 5.30. The van der Waals surface area contributed by atoms with E-state index < -0.39 is 6.10 Å². The molecule has 1 aromatic carbocycles. The minimum absolute atomic E-state index is 0. The van der Waals surface area contributed by atoms with Gasteiger partial charge in [0, 0.05) is 24.7 Å². The molecule has 122 valence electrons. The Labute approximate surface area is 136 Å². The van der Waals surface area contributed by atoms with Gasteiger partial charge in [0.2, 0.25) is 0 Å². The Balaban J connectivity index is 0.00000400. The van der Waals surface area contributed by atoms with Gasteiger partial charge in [-0.1, -0.05) is 11.6 Å². The summed E-state index contributed by atoms with van der Waals surface area (Å²) in [5.74, 6) is 0.685. The third kappa shape index (κ3) is 7.85. The molecule has 0 aliphatic heterocycles. The van der Waals surface area contributed by atoms with Gasteiger partial charge in [-0.2, -0.15) is 0 Å². The highest BCUT2D eigenvalue weighted by Crippen LogP contribution is 2.21. The first kappa shape index (κ1) is 20.4. The fraction of sp³-hybridized carbons (Fsp3) is 0.571. The van der Waals surface area contributed by atoms with Gasteiger partial charge in [0.1, 0.15) is 18.5 Å². The van der Waals surface area contributed by atoms with Crippen LogP contribution in [0.25, 0.3) is 0 Å². The number of hydrogen-bond acceptors (Lipinski definition) is 5. The molecule has 1 unspecified atom stereocenters. The van der Waals surface area contributed by atoms with Gasteiger partial charge >= 0.3 is 0 Å². The quantitative estimate of drug-likeness (QED) is 0.628. The first-order valence-corrected chi connectivity index (χ1v) is 6.95. The van der Waals surface area contributed by atoms with E-state index in [4.69, 9.17) is 26.6 Å². The molecule has 21 heavy (non-hydrogen) atoms. The van der Waals surface area contributed by atoms with Gasteiger partial charge in [0.05, 0.1) is 13.2 Å². The lowest BCUT2D eigenvalue weighted by Crippen LogP contribution is -2.38. The number of ether oxygens (including phenoxy) is 1. The number of halogens is 2. The third-order valence-corrected chi connectivity index (χ3v) is 3.10. The van der Waals surface area contributed by atoms with E-state index in [2.05, 4.69) is 0 Å². The van der Waals surface area contributed by atoms with E-state index in [-0.39, 0.29) is 32.2 Å². The molecule has 1 aromatic rings. The molecule has 7 heteroatoms. The highest BCUT2D eigenvalue weighted by Gasteiger charge is 2.12. The van der Waals surface area contributed by atoms with Crippen LogP contribution in [0.15, 0.2) is 18.2 Å². The van der Waals surface area contributed by atoms with Crippen LogP contribution >= 0.6 is 24.0 Å². The van der Waals surface area contributed by atoms with Crippen LogP contribution < -0.4 is 4.74 Å². The summed E-state index contributed by atoms with van der Waals surface area (Å²) >= 11 is 5.86. The summed E-state index contributed by atoms with van der Waals surface area (Å²) in [5.41, 5.74) is 0.910. The second kappa shape index (κ2) is 11.1. The molecule has 0 aliphatic rings. The maximum Gasteiger partial charge on any atom is 0.122 e. The summed E-state index contributed by atoms with van der Waals surface area (Å²) < 4.78 is 5.55. The molecule has 0 bridgehead atoms. The van der Waals surface area contributed by atoms with Gasteiger partial charge in [-0.15, -0.1) is 12.4 Å². The lowest BCUT2D eigenvalue weighted by molar-refractivity contribution is 0.0550. The zero-order valence-electron chi connectivity index (χ0n) is 12.0. The maximum atomic E-state index is 9.92. The molecule has 1 rings (SSSR count). The van der Waals surface area contributed by atoms with E-state index in [9.17, 15) is 5.11 Å². The average molecular weight is 340 g/mol. The molecule has 1 atom stereocenters. The van der Waals surface area contributed by atoms with Gasteiger partial charge in [-0.05, 0) is 30.7 Å². The first-order valence-electron chi connectivity index (χ1n) is 6.58. The number of aryl methyl sites for hydroxylation is 1. The molecule has 0 spiro atoms. The van der Waals surface area contributed by atoms with Crippen LogP contribution in [0.2, 0.25) is 5.02 Å². The largest absolute Gasteiger partial charge is 0.491 e. The van der Waals surface area contributed by atoms with Crippen molar-refractivity contribution in [2.45, 2.75) is 13.0 Å². The van der Waals surface area contributed by atoms with Gasteiger partial charge in [-0.25, -0.2) is 0 Å². The number of aliphatic hydroxyl groups excluding tert-OH is 3. The van der Waals surface area contributed by atoms with Crippen molar-refractivity contribution in [3.8, 4) is 5.75 Å². The molecule has 0 heterocycles. The van der Waals surface area contributed by atoms with Crippen LogP contribution in [-0.4, -0.2) is 65.8 Å². The predicted molar refractivity (Wildman–Crippen MR) is 85.6 cm³/mol. The number of aliphatic hydroxyl groups is 3. The van der Waals surface area contributed by atoms with Crippen LogP contribution in [0.3, 0.4) is 0 Å². The summed E-state index contributed by atoms with van der Waals surface area (Å²) in [7, 11) is 0. The van der Waals surface area contributed by atoms with E-state index in [1.54, 1.807) is 23.1 Å². The summed E-state index contributed by atoms with van der Waals surface area (Å²) in [5, 5.41) is 28.4. The molecule has 0 saturated carbocycles. The molecule has 0 saturated heterocycles. The molecular weight excluding hydrogens is 317 g/mol. The van der Waals surface area contributed by atoms with Gasteiger partial charge < -0.3 is 20.1 Å². The monoisotopic (exact) mass is 339 g/mol. The second-order valence-corrected chi connectivity index (χ2v) is 5.06. The van der Waals surface area contributed by atoms with Gasteiger partial charge in [0.25, 0.3) is 0 Å². The lowest BCUT2D eigenvalue weighted by Gasteiger charge is -2.23. The van der Waals surface area contributed by atoms with Crippen LogP contribution in [-0.2, 0) is 0 Å². The van der Waals surface area contributed by atoms with Gasteiger partial charge in [0.15, 0.2) is 0 Å². The van der Waals surface area contributed by atoms with Crippen LogP contribution in [0, 0.1) is 6.92 Å². The Morgan fingerprint density at radius 3 is 2.38 bits per heavy atom. The Bertz CT molecular complexity index is 401. The molecule has 0 aromatic heterocycles. The van der Waals surface area contributed by atoms with Crippen molar-refractivity contribution < 1.29 is 20.1 Å². The van der Waals surface area contributed by atoms with E-state index in [0.717, 1.165) is 5.56 Å². The maximum absolute atomic E-state index is 9.92. The van der Waals surface area contributed by atoms with Crippen molar-refractivity contribution in [3.63, 3.8) is 0 Å². The highest BCUT2D eigenvalue weighted by atomic mass is 35.5. The number of hydrogen-bond donors (Lipinski definition) is 3. The van der Waals surface area contributed by atoms with Crippen molar-refractivity contribution in [1.82, 2.24) is 4.90 Å². The summed E-state index contributed by atoms with van der Waals surface area (Å²) in [6.07, 6.45) is -0.692. The smallest absolute Gasteiger partial charge is 0.122 e. The number of benzene rings is 1. The van der Waals surface area contributed by atoms with Crippen molar-refractivity contribution >= 4 is 24.0 Å². The van der Waals surface area contributed by atoms with Crippen LogP contribution in [0.4, 0.5) is 0 Å². The van der Waals surface area contributed by atoms with E-state index in [1.807, 2.05) is 6.92 Å². The molecule has 0 amide bonds. The normalized spacial score (nSPS) is 12.1. The molecule has 3 N–H and O–H groups in total.